The molecule has 0 saturated heterocycles. The van der Waals surface area contributed by atoms with Crippen LogP contribution in [0.15, 0.2) is 18.2 Å². The predicted molar refractivity (Wildman–Crippen MR) is 62.8 cm³/mol. The van der Waals surface area contributed by atoms with Crippen molar-refractivity contribution in [1.29, 1.82) is 0 Å². The van der Waals surface area contributed by atoms with Crippen LogP contribution in [0.5, 0.6) is 0 Å². The molecule has 0 aliphatic heterocycles. The van der Waals surface area contributed by atoms with Gasteiger partial charge >= 0.3 is 0 Å². The number of anilines is 1. The maximum absolute atomic E-state index is 12.0. The normalized spacial score (nSPS) is 14.6. The molecule has 1 fully saturated rings. The third-order valence-electron chi connectivity index (χ3n) is 2.51. The van der Waals surface area contributed by atoms with Crippen molar-refractivity contribution >= 4 is 29.0 Å². The van der Waals surface area contributed by atoms with Gasteiger partial charge in [-0.05, 0) is 31.0 Å². The number of nitrogens with one attached hydrogen (secondary N) is 1. The van der Waals surface area contributed by atoms with Gasteiger partial charge in [-0.3, -0.25) is 9.59 Å². The fraction of sp³-hybridized carbons (Fsp3) is 0.333. The van der Waals surface area contributed by atoms with Crippen LogP contribution in [-0.4, -0.2) is 11.7 Å². The van der Waals surface area contributed by atoms with Crippen molar-refractivity contribution in [2.45, 2.75) is 19.8 Å². The lowest BCUT2D eigenvalue weighted by molar-refractivity contribution is -0.114. The first kappa shape index (κ1) is 11.1. The fourth-order valence-corrected chi connectivity index (χ4v) is 1.76. The lowest BCUT2D eigenvalue weighted by Crippen LogP contribution is -2.11. The third kappa shape index (κ3) is 2.42. The number of carbonyl (C=O) groups is 2. The third-order valence-corrected chi connectivity index (χ3v) is 2.74. The van der Waals surface area contributed by atoms with E-state index >= 15 is 0 Å². The predicted octanol–water partition coefficient (Wildman–Crippen LogP) is 2.89. The van der Waals surface area contributed by atoms with E-state index in [2.05, 4.69) is 5.32 Å². The summed E-state index contributed by atoms with van der Waals surface area (Å²) in [7, 11) is 0. The van der Waals surface area contributed by atoms with E-state index in [4.69, 9.17) is 11.6 Å². The summed E-state index contributed by atoms with van der Waals surface area (Å²) in [5, 5.41) is 3.16. The summed E-state index contributed by atoms with van der Waals surface area (Å²) in [6, 6.07) is 4.95. The number of hydrogen-bond acceptors (Lipinski definition) is 2. The lowest BCUT2D eigenvalue weighted by Gasteiger charge is -2.09. The monoisotopic (exact) mass is 237 g/mol. The molecule has 1 aromatic carbocycles. The highest BCUT2D eigenvalue weighted by Gasteiger charge is 2.31. The maximum Gasteiger partial charge on any atom is 0.221 e. The number of benzene rings is 1. The molecular weight excluding hydrogens is 226 g/mol. The van der Waals surface area contributed by atoms with E-state index in [1.807, 2.05) is 0 Å². The average molecular weight is 238 g/mol. The van der Waals surface area contributed by atoms with Gasteiger partial charge in [-0.1, -0.05) is 11.6 Å². The number of halogens is 1. The van der Waals surface area contributed by atoms with Gasteiger partial charge in [0.1, 0.15) is 0 Å². The highest BCUT2D eigenvalue weighted by Crippen LogP contribution is 2.35. The van der Waals surface area contributed by atoms with Crippen molar-refractivity contribution in [2.75, 3.05) is 5.32 Å². The summed E-state index contributed by atoms with van der Waals surface area (Å²) in [6.45, 7) is 1.42. The summed E-state index contributed by atoms with van der Waals surface area (Å²) < 4.78 is 0. The minimum atomic E-state index is -0.188. The summed E-state index contributed by atoms with van der Waals surface area (Å²) in [4.78, 5) is 23.0. The Morgan fingerprint density at radius 1 is 1.38 bits per heavy atom. The van der Waals surface area contributed by atoms with E-state index in [9.17, 15) is 9.59 Å². The molecule has 1 N–H and O–H groups in total. The topological polar surface area (TPSA) is 46.2 Å². The van der Waals surface area contributed by atoms with Gasteiger partial charge in [-0.25, -0.2) is 0 Å². The van der Waals surface area contributed by atoms with Crippen molar-refractivity contribution in [3.63, 3.8) is 0 Å². The summed E-state index contributed by atoms with van der Waals surface area (Å²) in [6.07, 6.45) is 1.87. The molecule has 1 aliphatic rings. The molecule has 0 aromatic heterocycles. The van der Waals surface area contributed by atoms with Crippen LogP contribution in [-0.2, 0) is 4.79 Å². The first-order valence-electron chi connectivity index (χ1n) is 5.19. The number of ketones is 1. The van der Waals surface area contributed by atoms with Crippen molar-refractivity contribution in [3.8, 4) is 0 Å². The first-order chi connectivity index (χ1) is 7.58. The molecule has 0 unspecified atom stereocenters. The molecule has 0 heterocycles. The minimum Gasteiger partial charge on any atom is -0.326 e. The molecule has 1 saturated carbocycles. The van der Waals surface area contributed by atoms with E-state index < -0.39 is 0 Å². The SMILES string of the molecule is CC(=O)Nc1ccc(Cl)cc1C(=O)C1CC1. The van der Waals surface area contributed by atoms with Crippen LogP contribution in [0.25, 0.3) is 0 Å². The van der Waals surface area contributed by atoms with Gasteiger partial charge in [0.05, 0.1) is 5.69 Å². The highest BCUT2D eigenvalue weighted by molar-refractivity contribution is 6.31. The standard InChI is InChI=1S/C12H12ClNO2/c1-7(15)14-11-5-4-9(13)6-10(11)12(16)8-2-3-8/h4-6,8H,2-3H2,1H3,(H,14,15). The van der Waals surface area contributed by atoms with E-state index in [-0.39, 0.29) is 17.6 Å². The van der Waals surface area contributed by atoms with E-state index in [1.165, 1.54) is 6.92 Å². The molecule has 0 bridgehead atoms. The van der Waals surface area contributed by atoms with Crippen molar-refractivity contribution in [1.82, 2.24) is 0 Å². The molecule has 84 valence electrons. The van der Waals surface area contributed by atoms with E-state index in [1.54, 1.807) is 18.2 Å². The Hall–Kier alpha value is -1.35. The van der Waals surface area contributed by atoms with Crippen LogP contribution in [0.4, 0.5) is 5.69 Å². The molecule has 1 amide bonds. The van der Waals surface area contributed by atoms with Crippen LogP contribution in [0.2, 0.25) is 5.02 Å². The Balaban J connectivity index is 2.35. The molecule has 16 heavy (non-hydrogen) atoms. The zero-order valence-corrected chi connectivity index (χ0v) is 9.67. The molecular formula is C12H12ClNO2. The van der Waals surface area contributed by atoms with Gasteiger partial charge in [0.25, 0.3) is 0 Å². The Bertz CT molecular complexity index is 452. The number of Topliss-reactive ketones (excluding diaryl/α,β-unsaturated/α-hetero) is 1. The summed E-state index contributed by atoms with van der Waals surface area (Å²) in [5.41, 5.74) is 1.07. The van der Waals surface area contributed by atoms with Gasteiger partial charge in [0, 0.05) is 23.4 Å². The second-order valence-electron chi connectivity index (χ2n) is 4.01. The molecule has 1 aliphatic carbocycles. The molecule has 3 nitrogen and oxygen atoms in total. The molecule has 1 aromatic rings. The number of carbonyl (C=O) groups excluding carboxylic acids is 2. The maximum atomic E-state index is 12.0. The Labute approximate surface area is 98.8 Å². The quantitative estimate of drug-likeness (QED) is 0.822. The van der Waals surface area contributed by atoms with Crippen LogP contribution < -0.4 is 5.32 Å². The molecule has 0 radical (unpaired) electrons. The van der Waals surface area contributed by atoms with Gasteiger partial charge in [-0.15, -0.1) is 0 Å². The van der Waals surface area contributed by atoms with E-state index in [0.29, 0.717) is 16.3 Å². The van der Waals surface area contributed by atoms with Crippen LogP contribution in [0.1, 0.15) is 30.1 Å². The highest BCUT2D eigenvalue weighted by atomic mass is 35.5. The van der Waals surface area contributed by atoms with Crippen molar-refractivity contribution in [3.05, 3.63) is 28.8 Å². The van der Waals surface area contributed by atoms with Crippen LogP contribution >= 0.6 is 11.6 Å². The van der Waals surface area contributed by atoms with Crippen LogP contribution in [0.3, 0.4) is 0 Å². The van der Waals surface area contributed by atoms with Gasteiger partial charge in [-0.2, -0.15) is 0 Å². The zero-order valence-electron chi connectivity index (χ0n) is 8.92. The summed E-state index contributed by atoms with van der Waals surface area (Å²) in [5.74, 6) is 0.00407. The fourth-order valence-electron chi connectivity index (χ4n) is 1.58. The number of hydrogen-bond donors (Lipinski definition) is 1. The Morgan fingerprint density at radius 2 is 2.06 bits per heavy atom. The molecule has 0 spiro atoms. The first-order valence-corrected chi connectivity index (χ1v) is 5.57. The van der Waals surface area contributed by atoms with Crippen molar-refractivity contribution < 1.29 is 9.59 Å². The Kier molecular flexibility index (Phi) is 2.97. The number of rotatable bonds is 3. The van der Waals surface area contributed by atoms with Crippen molar-refractivity contribution in [2.24, 2.45) is 5.92 Å². The minimum absolute atomic E-state index is 0.0752. The smallest absolute Gasteiger partial charge is 0.221 e. The second-order valence-corrected chi connectivity index (χ2v) is 4.45. The average Bonchev–Trinajstić information content (AvgIpc) is 3.02. The summed E-state index contributed by atoms with van der Waals surface area (Å²) >= 11 is 5.86. The van der Waals surface area contributed by atoms with Gasteiger partial charge < -0.3 is 5.32 Å². The second kappa shape index (κ2) is 4.26. The molecule has 0 atom stereocenters. The largest absolute Gasteiger partial charge is 0.326 e. The lowest BCUT2D eigenvalue weighted by atomic mass is 10.0. The Morgan fingerprint density at radius 3 is 2.62 bits per heavy atom. The zero-order chi connectivity index (χ0) is 11.7. The van der Waals surface area contributed by atoms with E-state index in [0.717, 1.165) is 12.8 Å². The van der Waals surface area contributed by atoms with Crippen LogP contribution in [0, 0.1) is 5.92 Å². The molecule has 4 heteroatoms. The number of amides is 1. The molecule has 2 rings (SSSR count). The van der Waals surface area contributed by atoms with Gasteiger partial charge in [0.15, 0.2) is 5.78 Å². The van der Waals surface area contributed by atoms with Gasteiger partial charge in [0.2, 0.25) is 5.91 Å².